The second-order valence-electron chi connectivity index (χ2n) is 5.65. The van der Waals surface area contributed by atoms with Crippen LogP contribution in [-0.2, 0) is 4.79 Å². The number of urea groups is 1. The number of β-amino-alcohol motifs (C(OH)–C–C–N with tert-alkyl or cyclic N) is 1. The van der Waals surface area contributed by atoms with Crippen molar-refractivity contribution in [2.75, 3.05) is 19.3 Å². The SMILES string of the molecule is CSC1(CNC(=O)N2C[C@@H](O)C[C@H]2C(=O)O)CCCC1. The second-order valence-corrected chi connectivity index (χ2v) is 6.92. The van der Waals surface area contributed by atoms with E-state index in [1.165, 1.54) is 17.7 Å². The molecule has 0 radical (unpaired) electrons. The largest absolute Gasteiger partial charge is 0.480 e. The molecule has 3 N–H and O–H groups in total. The Morgan fingerprint density at radius 1 is 1.40 bits per heavy atom. The smallest absolute Gasteiger partial charge is 0.326 e. The number of carbonyl (C=O) groups is 2. The summed E-state index contributed by atoms with van der Waals surface area (Å²) in [6.45, 7) is 0.654. The molecule has 0 aromatic heterocycles. The van der Waals surface area contributed by atoms with E-state index in [1.807, 2.05) is 0 Å². The molecule has 2 rings (SSSR count). The zero-order valence-electron chi connectivity index (χ0n) is 11.7. The molecule has 0 spiro atoms. The maximum atomic E-state index is 12.2. The monoisotopic (exact) mass is 302 g/mol. The van der Waals surface area contributed by atoms with E-state index in [9.17, 15) is 14.7 Å². The molecule has 1 aliphatic carbocycles. The van der Waals surface area contributed by atoms with Gasteiger partial charge in [0.05, 0.1) is 6.10 Å². The number of carbonyl (C=O) groups excluding carboxylic acids is 1. The van der Waals surface area contributed by atoms with E-state index in [1.54, 1.807) is 11.8 Å². The molecule has 2 aliphatic rings. The maximum absolute atomic E-state index is 12.2. The maximum Gasteiger partial charge on any atom is 0.326 e. The van der Waals surface area contributed by atoms with Crippen LogP contribution in [0.3, 0.4) is 0 Å². The van der Waals surface area contributed by atoms with Gasteiger partial charge in [-0.05, 0) is 19.1 Å². The third kappa shape index (κ3) is 3.20. The van der Waals surface area contributed by atoms with Gasteiger partial charge in [0.15, 0.2) is 0 Å². The molecule has 7 heteroatoms. The number of thioether (sulfide) groups is 1. The van der Waals surface area contributed by atoms with E-state index in [0.717, 1.165) is 12.8 Å². The lowest BCUT2D eigenvalue weighted by Crippen LogP contribution is -2.49. The molecule has 20 heavy (non-hydrogen) atoms. The standard InChI is InChI=1S/C13H22N2O4S/c1-20-13(4-2-3-5-13)8-14-12(19)15-7-9(16)6-10(15)11(17)18/h9-10,16H,2-8H2,1H3,(H,14,19)(H,17,18)/t9-,10-/m0/s1. The predicted molar refractivity (Wildman–Crippen MR) is 76.9 cm³/mol. The van der Waals surface area contributed by atoms with Crippen molar-refractivity contribution in [3.05, 3.63) is 0 Å². The second kappa shape index (κ2) is 6.22. The normalized spacial score (nSPS) is 28.6. The minimum absolute atomic E-state index is 0.0900. The summed E-state index contributed by atoms with van der Waals surface area (Å²) in [6, 6.07) is -1.30. The van der Waals surface area contributed by atoms with Gasteiger partial charge in [-0.3, -0.25) is 0 Å². The Kier molecular flexibility index (Phi) is 4.80. The lowest BCUT2D eigenvalue weighted by Gasteiger charge is -2.29. The lowest BCUT2D eigenvalue weighted by molar-refractivity contribution is -0.141. The van der Waals surface area contributed by atoms with Crippen molar-refractivity contribution in [3.8, 4) is 0 Å². The van der Waals surface area contributed by atoms with Gasteiger partial charge in [-0.2, -0.15) is 11.8 Å². The summed E-state index contributed by atoms with van der Waals surface area (Å²) in [5, 5.41) is 21.5. The average Bonchev–Trinajstić information content (AvgIpc) is 3.03. The highest BCUT2D eigenvalue weighted by Crippen LogP contribution is 2.39. The molecule has 6 nitrogen and oxygen atoms in total. The molecule has 0 bridgehead atoms. The first-order valence-corrected chi connectivity index (χ1v) is 8.20. The van der Waals surface area contributed by atoms with Gasteiger partial charge in [-0.25, -0.2) is 9.59 Å². The van der Waals surface area contributed by atoms with E-state index >= 15 is 0 Å². The third-order valence-electron chi connectivity index (χ3n) is 4.33. The number of aliphatic hydroxyl groups is 1. The molecule has 1 aliphatic heterocycles. The summed E-state index contributed by atoms with van der Waals surface area (Å²) in [5.74, 6) is -1.06. The molecule has 2 atom stereocenters. The molecule has 1 heterocycles. The van der Waals surface area contributed by atoms with Gasteiger partial charge in [-0.1, -0.05) is 12.8 Å². The summed E-state index contributed by atoms with van der Waals surface area (Å²) in [5.41, 5.74) is 0. The zero-order chi connectivity index (χ0) is 14.8. The van der Waals surface area contributed by atoms with Gasteiger partial charge >= 0.3 is 12.0 Å². The van der Waals surface area contributed by atoms with Crippen molar-refractivity contribution in [2.45, 2.75) is 49.0 Å². The minimum Gasteiger partial charge on any atom is -0.480 e. The number of aliphatic carboxylic acids is 1. The van der Waals surface area contributed by atoms with Gasteiger partial charge in [-0.15, -0.1) is 0 Å². The highest BCUT2D eigenvalue weighted by atomic mass is 32.2. The quantitative estimate of drug-likeness (QED) is 0.717. The number of amides is 2. The highest BCUT2D eigenvalue weighted by molar-refractivity contribution is 8.00. The van der Waals surface area contributed by atoms with E-state index in [4.69, 9.17) is 5.11 Å². The van der Waals surface area contributed by atoms with Crippen LogP contribution < -0.4 is 5.32 Å². The fourth-order valence-corrected chi connectivity index (χ4v) is 4.00. The molecular weight excluding hydrogens is 280 g/mol. The first-order valence-electron chi connectivity index (χ1n) is 6.98. The van der Waals surface area contributed by atoms with Crippen molar-refractivity contribution in [2.24, 2.45) is 0 Å². The van der Waals surface area contributed by atoms with Crippen molar-refractivity contribution < 1.29 is 19.8 Å². The van der Waals surface area contributed by atoms with Crippen molar-refractivity contribution in [1.82, 2.24) is 10.2 Å². The molecular formula is C13H22N2O4S. The Bertz CT molecular complexity index is 385. The van der Waals surface area contributed by atoms with Crippen molar-refractivity contribution in [1.29, 1.82) is 0 Å². The van der Waals surface area contributed by atoms with E-state index in [2.05, 4.69) is 11.6 Å². The Labute approximate surface area is 122 Å². The van der Waals surface area contributed by atoms with Crippen LogP contribution in [0.1, 0.15) is 32.1 Å². The van der Waals surface area contributed by atoms with Crippen LogP contribution in [0.2, 0.25) is 0 Å². The first-order chi connectivity index (χ1) is 9.47. The summed E-state index contributed by atoms with van der Waals surface area (Å²) in [6.07, 6.45) is 5.93. The number of rotatable bonds is 4. The number of hydrogen-bond donors (Lipinski definition) is 3. The zero-order valence-corrected chi connectivity index (χ0v) is 12.5. The van der Waals surface area contributed by atoms with Gasteiger partial charge in [0, 0.05) is 24.3 Å². The minimum atomic E-state index is -1.06. The predicted octanol–water partition coefficient (Wildman–Crippen LogP) is 0.892. The van der Waals surface area contributed by atoms with Gasteiger partial charge in [0.1, 0.15) is 6.04 Å². The van der Waals surface area contributed by atoms with Crippen LogP contribution in [0.5, 0.6) is 0 Å². The molecule has 2 amide bonds. The fourth-order valence-electron chi connectivity index (χ4n) is 3.08. The molecule has 0 aromatic rings. The van der Waals surface area contributed by atoms with Gasteiger partial charge in [0.2, 0.25) is 0 Å². The number of carboxylic acids is 1. The Balaban J connectivity index is 1.92. The average molecular weight is 302 g/mol. The first kappa shape index (κ1) is 15.4. The molecule has 2 fully saturated rings. The highest BCUT2D eigenvalue weighted by Gasteiger charge is 2.40. The summed E-state index contributed by atoms with van der Waals surface area (Å²) in [4.78, 5) is 24.5. The Morgan fingerprint density at radius 3 is 2.60 bits per heavy atom. The number of nitrogens with zero attached hydrogens (tertiary/aromatic N) is 1. The number of hydrogen-bond acceptors (Lipinski definition) is 4. The molecule has 0 unspecified atom stereocenters. The third-order valence-corrected chi connectivity index (χ3v) is 5.75. The number of aliphatic hydroxyl groups excluding tert-OH is 1. The number of nitrogens with one attached hydrogen (secondary N) is 1. The molecule has 114 valence electrons. The van der Waals surface area contributed by atoms with Crippen LogP contribution in [0.15, 0.2) is 0 Å². The van der Waals surface area contributed by atoms with Crippen molar-refractivity contribution in [3.63, 3.8) is 0 Å². The number of carboxylic acid groups (broad SMARTS) is 1. The van der Waals surface area contributed by atoms with Crippen LogP contribution in [0.4, 0.5) is 4.79 Å². The summed E-state index contributed by atoms with van der Waals surface area (Å²) < 4.78 is 0.0900. The van der Waals surface area contributed by atoms with Crippen LogP contribution in [-0.4, -0.2) is 63.4 Å². The fraction of sp³-hybridized carbons (Fsp3) is 0.846. The topological polar surface area (TPSA) is 89.9 Å². The Morgan fingerprint density at radius 2 is 2.05 bits per heavy atom. The van der Waals surface area contributed by atoms with E-state index in [-0.39, 0.29) is 23.7 Å². The van der Waals surface area contributed by atoms with Crippen LogP contribution in [0.25, 0.3) is 0 Å². The van der Waals surface area contributed by atoms with E-state index in [0.29, 0.717) is 6.54 Å². The van der Waals surface area contributed by atoms with Crippen molar-refractivity contribution >= 4 is 23.8 Å². The lowest BCUT2D eigenvalue weighted by atomic mass is 10.1. The summed E-state index contributed by atoms with van der Waals surface area (Å²) in [7, 11) is 0. The van der Waals surface area contributed by atoms with Gasteiger partial charge in [0.25, 0.3) is 0 Å². The van der Waals surface area contributed by atoms with E-state index < -0.39 is 18.1 Å². The summed E-state index contributed by atoms with van der Waals surface area (Å²) >= 11 is 1.77. The number of likely N-dealkylation sites (tertiary alicyclic amines) is 1. The molecule has 0 aromatic carbocycles. The molecule has 1 saturated carbocycles. The Hall–Kier alpha value is -0.950. The molecule has 1 saturated heterocycles. The van der Waals surface area contributed by atoms with Gasteiger partial charge < -0.3 is 20.4 Å². The van der Waals surface area contributed by atoms with Crippen LogP contribution >= 0.6 is 11.8 Å². The van der Waals surface area contributed by atoms with Crippen LogP contribution in [0, 0.1) is 0 Å².